The first-order valence-corrected chi connectivity index (χ1v) is 7.78. The van der Waals surface area contributed by atoms with Gasteiger partial charge in [0.05, 0.1) is 12.2 Å². The Labute approximate surface area is 131 Å². The zero-order valence-corrected chi connectivity index (χ0v) is 13.2. The van der Waals surface area contributed by atoms with Crippen molar-refractivity contribution in [2.24, 2.45) is 0 Å². The van der Waals surface area contributed by atoms with E-state index >= 15 is 0 Å². The van der Waals surface area contributed by atoms with Crippen LogP contribution in [-0.2, 0) is 0 Å². The molecule has 0 amide bonds. The highest BCUT2D eigenvalue weighted by atomic mass is 16.5. The number of aromatic nitrogens is 1. The molecule has 118 valence electrons. The van der Waals surface area contributed by atoms with Crippen LogP contribution in [-0.4, -0.2) is 22.2 Å². The number of rotatable bonds is 8. The molecular formula is C18H23NO3. The second-order valence-electron chi connectivity index (χ2n) is 5.39. The highest BCUT2D eigenvalue weighted by molar-refractivity contribution is 5.89. The largest absolute Gasteiger partial charge is 0.494 e. The topological polar surface area (TPSA) is 51.5 Å². The molecule has 1 aromatic heterocycles. The molecule has 0 aliphatic heterocycles. The fourth-order valence-corrected chi connectivity index (χ4v) is 2.44. The van der Waals surface area contributed by atoms with Gasteiger partial charge in [0.15, 0.2) is 0 Å². The predicted molar refractivity (Wildman–Crippen MR) is 87.1 cm³/mol. The van der Waals surface area contributed by atoms with Gasteiger partial charge in [-0.15, -0.1) is 0 Å². The monoisotopic (exact) mass is 301 g/mol. The quantitative estimate of drug-likeness (QED) is 0.733. The summed E-state index contributed by atoms with van der Waals surface area (Å²) in [6, 6.07) is 9.36. The van der Waals surface area contributed by atoms with Gasteiger partial charge in [0.1, 0.15) is 5.75 Å². The van der Waals surface area contributed by atoms with Gasteiger partial charge in [-0.1, -0.05) is 26.2 Å². The molecule has 0 aliphatic rings. The Morgan fingerprint density at radius 1 is 1.14 bits per heavy atom. The van der Waals surface area contributed by atoms with E-state index in [0.717, 1.165) is 30.2 Å². The summed E-state index contributed by atoms with van der Waals surface area (Å²) in [7, 11) is 0. The molecule has 0 aliphatic carbocycles. The van der Waals surface area contributed by atoms with E-state index in [2.05, 4.69) is 6.92 Å². The molecule has 2 rings (SSSR count). The van der Waals surface area contributed by atoms with E-state index in [-0.39, 0.29) is 0 Å². The lowest BCUT2D eigenvalue weighted by Crippen LogP contribution is -2.01. The third-order valence-corrected chi connectivity index (χ3v) is 3.75. The normalized spacial score (nSPS) is 10.6. The number of carbonyl (C=O) groups is 1. The van der Waals surface area contributed by atoms with Crippen LogP contribution in [0.1, 0.15) is 48.7 Å². The fourth-order valence-electron chi connectivity index (χ4n) is 2.44. The van der Waals surface area contributed by atoms with Crippen molar-refractivity contribution in [3.63, 3.8) is 0 Å². The van der Waals surface area contributed by atoms with E-state index in [9.17, 15) is 4.79 Å². The molecule has 22 heavy (non-hydrogen) atoms. The SMILES string of the molecule is CCCCCCOc1ccc(-n2ccc(C(=O)O)c2C)cc1. The van der Waals surface area contributed by atoms with Crippen molar-refractivity contribution in [2.75, 3.05) is 6.61 Å². The van der Waals surface area contributed by atoms with Gasteiger partial charge in [0.2, 0.25) is 0 Å². The first-order chi connectivity index (χ1) is 10.6. The van der Waals surface area contributed by atoms with Crippen LogP contribution >= 0.6 is 0 Å². The van der Waals surface area contributed by atoms with Crippen molar-refractivity contribution in [3.05, 3.63) is 47.8 Å². The number of hydrogen-bond acceptors (Lipinski definition) is 2. The van der Waals surface area contributed by atoms with Crippen LogP contribution in [0.2, 0.25) is 0 Å². The summed E-state index contributed by atoms with van der Waals surface area (Å²) < 4.78 is 7.58. The Morgan fingerprint density at radius 2 is 1.86 bits per heavy atom. The molecule has 0 saturated carbocycles. The lowest BCUT2D eigenvalue weighted by atomic mass is 10.2. The average molecular weight is 301 g/mol. The molecule has 0 atom stereocenters. The molecule has 0 radical (unpaired) electrons. The molecule has 2 aromatic rings. The van der Waals surface area contributed by atoms with Crippen LogP contribution < -0.4 is 4.74 Å². The predicted octanol–water partition coefficient (Wildman–Crippen LogP) is 4.44. The van der Waals surface area contributed by atoms with E-state index in [1.807, 2.05) is 35.8 Å². The van der Waals surface area contributed by atoms with E-state index in [1.54, 1.807) is 12.3 Å². The van der Waals surface area contributed by atoms with Crippen molar-refractivity contribution in [1.29, 1.82) is 0 Å². The summed E-state index contributed by atoms with van der Waals surface area (Å²) in [6.07, 6.45) is 6.53. The number of unbranched alkanes of at least 4 members (excludes halogenated alkanes) is 3. The highest BCUT2D eigenvalue weighted by Crippen LogP contribution is 2.20. The summed E-state index contributed by atoms with van der Waals surface area (Å²) in [5.41, 5.74) is 1.99. The van der Waals surface area contributed by atoms with Crippen LogP contribution in [0.15, 0.2) is 36.5 Å². The standard InChI is InChI=1S/C18H23NO3/c1-3-4-5-6-13-22-16-9-7-15(8-10-16)19-12-11-17(14(19)2)18(20)21/h7-12H,3-6,13H2,1-2H3,(H,20,21). The molecule has 0 fully saturated rings. The Bertz CT molecular complexity index is 614. The Morgan fingerprint density at radius 3 is 2.45 bits per heavy atom. The van der Waals surface area contributed by atoms with Gasteiger partial charge in [-0.3, -0.25) is 0 Å². The molecule has 1 heterocycles. The molecule has 0 unspecified atom stereocenters. The van der Waals surface area contributed by atoms with E-state index < -0.39 is 5.97 Å². The maximum Gasteiger partial charge on any atom is 0.337 e. The van der Waals surface area contributed by atoms with Gasteiger partial charge < -0.3 is 14.4 Å². The summed E-state index contributed by atoms with van der Waals surface area (Å²) in [5.74, 6) is -0.0493. The summed E-state index contributed by atoms with van der Waals surface area (Å²) in [6.45, 7) is 4.74. The first kappa shape index (κ1) is 16.1. The van der Waals surface area contributed by atoms with Crippen molar-refractivity contribution >= 4 is 5.97 Å². The number of nitrogens with zero attached hydrogens (tertiary/aromatic N) is 1. The van der Waals surface area contributed by atoms with Gasteiger partial charge in [-0.05, 0) is 43.7 Å². The zero-order valence-electron chi connectivity index (χ0n) is 13.2. The number of aromatic carboxylic acids is 1. The van der Waals surface area contributed by atoms with Gasteiger partial charge in [0, 0.05) is 17.6 Å². The first-order valence-electron chi connectivity index (χ1n) is 7.78. The Kier molecular flexibility index (Phi) is 5.64. The molecule has 1 aromatic carbocycles. The third-order valence-electron chi connectivity index (χ3n) is 3.75. The molecule has 0 saturated heterocycles. The number of benzene rings is 1. The van der Waals surface area contributed by atoms with Gasteiger partial charge in [0.25, 0.3) is 0 Å². The number of ether oxygens (including phenoxy) is 1. The van der Waals surface area contributed by atoms with Gasteiger partial charge in [-0.2, -0.15) is 0 Å². The molecule has 0 spiro atoms. The van der Waals surface area contributed by atoms with Crippen LogP contribution in [0.25, 0.3) is 5.69 Å². The molecule has 4 heteroatoms. The van der Waals surface area contributed by atoms with E-state index in [4.69, 9.17) is 9.84 Å². The van der Waals surface area contributed by atoms with Gasteiger partial charge >= 0.3 is 5.97 Å². The minimum Gasteiger partial charge on any atom is -0.494 e. The highest BCUT2D eigenvalue weighted by Gasteiger charge is 2.11. The Hall–Kier alpha value is -2.23. The van der Waals surface area contributed by atoms with Crippen LogP contribution in [0.3, 0.4) is 0 Å². The lowest BCUT2D eigenvalue weighted by molar-refractivity contribution is 0.0696. The number of carboxylic acid groups (broad SMARTS) is 1. The maximum atomic E-state index is 11.1. The molecular weight excluding hydrogens is 278 g/mol. The van der Waals surface area contributed by atoms with Crippen molar-refractivity contribution in [3.8, 4) is 11.4 Å². The van der Waals surface area contributed by atoms with Gasteiger partial charge in [-0.25, -0.2) is 4.79 Å². The summed E-state index contributed by atoms with van der Waals surface area (Å²) in [4.78, 5) is 11.1. The lowest BCUT2D eigenvalue weighted by Gasteiger charge is -2.09. The second-order valence-corrected chi connectivity index (χ2v) is 5.39. The number of hydrogen-bond donors (Lipinski definition) is 1. The summed E-state index contributed by atoms with van der Waals surface area (Å²) >= 11 is 0. The minimum atomic E-state index is -0.900. The third kappa shape index (κ3) is 3.91. The van der Waals surface area contributed by atoms with Crippen LogP contribution in [0.4, 0.5) is 0 Å². The second kappa shape index (κ2) is 7.69. The minimum absolute atomic E-state index is 0.330. The fraction of sp³-hybridized carbons (Fsp3) is 0.389. The average Bonchev–Trinajstić information content (AvgIpc) is 2.89. The smallest absolute Gasteiger partial charge is 0.337 e. The van der Waals surface area contributed by atoms with E-state index in [0.29, 0.717) is 5.56 Å². The maximum absolute atomic E-state index is 11.1. The molecule has 0 bridgehead atoms. The van der Waals surface area contributed by atoms with E-state index in [1.165, 1.54) is 19.3 Å². The molecule has 1 N–H and O–H groups in total. The Balaban J connectivity index is 1.98. The van der Waals surface area contributed by atoms with Crippen molar-refractivity contribution in [2.45, 2.75) is 39.5 Å². The summed E-state index contributed by atoms with van der Waals surface area (Å²) in [5, 5.41) is 9.10. The molecule has 4 nitrogen and oxygen atoms in total. The van der Waals surface area contributed by atoms with Crippen LogP contribution in [0.5, 0.6) is 5.75 Å². The zero-order chi connectivity index (χ0) is 15.9. The number of carboxylic acids is 1. The van der Waals surface area contributed by atoms with Crippen molar-refractivity contribution < 1.29 is 14.6 Å². The van der Waals surface area contributed by atoms with Crippen molar-refractivity contribution in [1.82, 2.24) is 4.57 Å². The van der Waals surface area contributed by atoms with Crippen LogP contribution in [0, 0.1) is 6.92 Å².